The molecule has 1 aliphatic rings. The molecule has 0 radical (unpaired) electrons. The molecule has 1 saturated carbocycles. The van der Waals surface area contributed by atoms with E-state index in [2.05, 4.69) is 16.6 Å². The molecule has 2 atom stereocenters. The summed E-state index contributed by atoms with van der Waals surface area (Å²) in [6, 6.07) is 14.5. The van der Waals surface area contributed by atoms with Crippen molar-refractivity contribution in [1.29, 1.82) is 0 Å². The van der Waals surface area contributed by atoms with Crippen LogP contribution in [-0.2, 0) is 27.8 Å². The lowest BCUT2D eigenvalue weighted by molar-refractivity contribution is -0.124. The molecule has 1 amide bonds. The molecule has 7 nitrogen and oxygen atoms in total. The predicted octanol–water partition coefficient (Wildman–Crippen LogP) is 5.83. The lowest BCUT2D eigenvalue weighted by Gasteiger charge is -2.31. The first-order valence-corrected chi connectivity index (χ1v) is 15.0. The number of halogens is 1. The second kappa shape index (κ2) is 12.3. The second-order valence-corrected chi connectivity index (χ2v) is 12.1. The topological polar surface area (TPSA) is 98.1 Å². The summed E-state index contributed by atoms with van der Waals surface area (Å²) in [7, 11) is -3.94. The van der Waals surface area contributed by atoms with Crippen LogP contribution >= 0.6 is 11.6 Å². The van der Waals surface area contributed by atoms with Gasteiger partial charge in [0.15, 0.2) is 11.4 Å². The normalized spacial score (nSPS) is 17.8. The van der Waals surface area contributed by atoms with E-state index in [1.807, 2.05) is 35.8 Å². The minimum absolute atomic E-state index is 0.0700. The predicted molar refractivity (Wildman–Crippen MR) is 148 cm³/mol. The first-order valence-electron chi connectivity index (χ1n) is 13.2. The van der Waals surface area contributed by atoms with Gasteiger partial charge in [-0.1, -0.05) is 79.7 Å². The lowest BCUT2D eigenvalue weighted by Crippen LogP contribution is -2.39. The quantitative estimate of drug-likeness (QED) is 0.317. The first-order chi connectivity index (χ1) is 18.2. The molecule has 1 fully saturated rings. The van der Waals surface area contributed by atoms with Gasteiger partial charge in [0.1, 0.15) is 11.5 Å². The zero-order valence-electron chi connectivity index (χ0n) is 21.8. The van der Waals surface area contributed by atoms with E-state index < -0.39 is 21.8 Å². The minimum Gasteiger partial charge on any atom is -0.320 e. The summed E-state index contributed by atoms with van der Waals surface area (Å²) in [4.78, 5) is 29.3. The molecule has 0 spiro atoms. The van der Waals surface area contributed by atoms with E-state index in [9.17, 15) is 18.0 Å². The van der Waals surface area contributed by atoms with Crippen molar-refractivity contribution >= 4 is 33.8 Å². The van der Waals surface area contributed by atoms with Crippen molar-refractivity contribution in [3.63, 3.8) is 0 Å². The number of aldehydes is 1. The van der Waals surface area contributed by atoms with Crippen LogP contribution in [0.25, 0.3) is 0 Å². The van der Waals surface area contributed by atoms with Gasteiger partial charge in [0, 0.05) is 18.9 Å². The van der Waals surface area contributed by atoms with Gasteiger partial charge in [-0.3, -0.25) is 9.59 Å². The molecule has 1 N–H and O–H groups in total. The number of unbranched alkanes of at least 4 members (excludes halogenated alkanes) is 1. The zero-order valence-corrected chi connectivity index (χ0v) is 23.4. The molecule has 1 heterocycles. The third-order valence-corrected chi connectivity index (χ3v) is 8.96. The third kappa shape index (κ3) is 6.35. The average Bonchev–Trinajstić information content (AvgIpc) is 3.21. The Bertz CT molecular complexity index is 1380. The summed E-state index contributed by atoms with van der Waals surface area (Å²) in [5.74, 6) is -0.158. The van der Waals surface area contributed by atoms with Crippen LogP contribution in [0.4, 0.5) is 0 Å². The number of hydrogen-bond acceptors (Lipinski definition) is 5. The van der Waals surface area contributed by atoms with Gasteiger partial charge in [-0.15, -0.1) is 0 Å². The number of nitrogens with one attached hydrogen (secondary N) is 1. The fourth-order valence-corrected chi connectivity index (χ4v) is 6.45. The number of carbonyl (C=O) groups excluding carboxylic acids is 2. The van der Waals surface area contributed by atoms with E-state index in [0.29, 0.717) is 18.7 Å². The Hall–Kier alpha value is -2.97. The van der Waals surface area contributed by atoms with Crippen LogP contribution in [0.2, 0.25) is 5.15 Å². The highest BCUT2D eigenvalue weighted by molar-refractivity contribution is 7.90. The highest BCUT2D eigenvalue weighted by Crippen LogP contribution is 2.38. The molecule has 3 aromatic rings. The summed E-state index contributed by atoms with van der Waals surface area (Å²) in [6.07, 6.45) is 6.77. The number of amides is 1. The van der Waals surface area contributed by atoms with Crippen LogP contribution in [0.3, 0.4) is 0 Å². The average molecular weight is 556 g/mol. The van der Waals surface area contributed by atoms with Crippen molar-refractivity contribution in [3.8, 4) is 0 Å². The summed E-state index contributed by atoms with van der Waals surface area (Å²) >= 11 is 6.22. The number of sulfonamides is 1. The van der Waals surface area contributed by atoms with E-state index in [1.165, 1.54) is 12.1 Å². The fraction of sp³-hybridized carbons (Fsp3) is 0.414. The van der Waals surface area contributed by atoms with Crippen LogP contribution in [-0.4, -0.2) is 30.2 Å². The first kappa shape index (κ1) is 28.0. The molecule has 0 bridgehead atoms. The standard InChI is InChI=1S/C29H34ClN3O4S/c1-3-4-9-27-31-28(30)26(19-34)33(27)18-21-12-14-22(15-13-21)24-7-5-6-8-25(24)29(35)32-38(36,37)23-16-10-20(2)11-17-23/h10-17,19,24-25H,3-9,18H2,1-2H3,(H,32,35)/t24-,25+/m0/s1. The molecule has 38 heavy (non-hydrogen) atoms. The van der Waals surface area contributed by atoms with E-state index in [-0.39, 0.29) is 16.0 Å². The van der Waals surface area contributed by atoms with Crippen LogP contribution in [0, 0.1) is 12.8 Å². The maximum atomic E-state index is 13.2. The molecule has 1 aromatic heterocycles. The maximum Gasteiger partial charge on any atom is 0.264 e. The van der Waals surface area contributed by atoms with Gasteiger partial charge in [-0.2, -0.15) is 0 Å². The van der Waals surface area contributed by atoms with Crippen LogP contribution in [0.15, 0.2) is 53.4 Å². The second-order valence-electron chi connectivity index (χ2n) is 10.0. The molecule has 0 aliphatic heterocycles. The van der Waals surface area contributed by atoms with Gasteiger partial charge in [0.25, 0.3) is 10.0 Å². The number of rotatable bonds is 10. The molecule has 0 saturated heterocycles. The molecule has 9 heteroatoms. The zero-order chi connectivity index (χ0) is 27.3. The molecule has 2 aromatic carbocycles. The largest absolute Gasteiger partial charge is 0.320 e. The molecule has 0 unspecified atom stereocenters. The van der Waals surface area contributed by atoms with Gasteiger partial charge < -0.3 is 4.57 Å². The molecule has 1 aliphatic carbocycles. The number of benzene rings is 2. The van der Waals surface area contributed by atoms with Crippen molar-refractivity contribution in [2.75, 3.05) is 0 Å². The molecule has 202 valence electrons. The van der Waals surface area contributed by atoms with Gasteiger partial charge in [0.2, 0.25) is 5.91 Å². The Morgan fingerprint density at radius 2 is 1.79 bits per heavy atom. The van der Waals surface area contributed by atoms with Crippen LogP contribution < -0.4 is 4.72 Å². The van der Waals surface area contributed by atoms with Crippen molar-refractivity contribution in [2.24, 2.45) is 5.92 Å². The number of hydrogen-bond donors (Lipinski definition) is 1. The molecular weight excluding hydrogens is 522 g/mol. The van der Waals surface area contributed by atoms with Gasteiger partial charge in [-0.05, 0) is 55.4 Å². The highest BCUT2D eigenvalue weighted by Gasteiger charge is 2.34. The van der Waals surface area contributed by atoms with Crippen molar-refractivity contribution in [1.82, 2.24) is 14.3 Å². The number of aryl methyl sites for hydroxylation is 2. The number of carbonyl (C=O) groups is 2. The summed E-state index contributed by atoms with van der Waals surface area (Å²) in [6.45, 7) is 4.45. The van der Waals surface area contributed by atoms with Gasteiger partial charge in [0.05, 0.1) is 4.90 Å². The van der Waals surface area contributed by atoms with Gasteiger partial charge >= 0.3 is 0 Å². The smallest absolute Gasteiger partial charge is 0.264 e. The summed E-state index contributed by atoms with van der Waals surface area (Å²) in [5.41, 5.74) is 3.32. The van der Waals surface area contributed by atoms with Crippen molar-refractivity contribution in [3.05, 3.63) is 81.9 Å². The number of aromatic nitrogens is 2. The Kier molecular flexibility index (Phi) is 9.05. The maximum absolute atomic E-state index is 13.2. The van der Waals surface area contributed by atoms with Crippen LogP contribution in [0.5, 0.6) is 0 Å². The number of imidazole rings is 1. The van der Waals surface area contributed by atoms with Crippen molar-refractivity contribution < 1.29 is 18.0 Å². The summed E-state index contributed by atoms with van der Waals surface area (Å²) in [5, 5.41) is 0.222. The Balaban J connectivity index is 1.51. The van der Waals surface area contributed by atoms with Crippen LogP contribution in [0.1, 0.15) is 84.4 Å². The fourth-order valence-electron chi connectivity index (χ4n) is 5.18. The SMILES string of the molecule is CCCCc1nc(Cl)c(C=O)n1Cc1ccc([C@@H]2CCCC[C@H]2C(=O)NS(=O)(=O)c2ccc(C)cc2)cc1. The Morgan fingerprint density at radius 1 is 1.11 bits per heavy atom. The van der Waals surface area contributed by atoms with Crippen molar-refractivity contribution in [2.45, 2.75) is 76.2 Å². The van der Waals surface area contributed by atoms with E-state index >= 15 is 0 Å². The molecular formula is C29H34ClN3O4S. The van der Waals surface area contributed by atoms with E-state index in [1.54, 1.807) is 12.1 Å². The van der Waals surface area contributed by atoms with Gasteiger partial charge in [-0.25, -0.2) is 18.1 Å². The van der Waals surface area contributed by atoms with E-state index in [4.69, 9.17) is 11.6 Å². The monoisotopic (exact) mass is 555 g/mol. The summed E-state index contributed by atoms with van der Waals surface area (Å²) < 4.78 is 29.9. The minimum atomic E-state index is -3.94. The molecule has 4 rings (SSSR count). The Morgan fingerprint density at radius 3 is 2.45 bits per heavy atom. The third-order valence-electron chi connectivity index (χ3n) is 7.32. The van der Waals surface area contributed by atoms with E-state index in [0.717, 1.165) is 67.3 Å². The Labute approximate surface area is 229 Å². The number of nitrogens with zero attached hydrogens (tertiary/aromatic N) is 2. The lowest BCUT2D eigenvalue weighted by atomic mass is 9.75. The highest BCUT2D eigenvalue weighted by atomic mass is 35.5.